The second kappa shape index (κ2) is 6.66. The van der Waals surface area contributed by atoms with Crippen molar-refractivity contribution in [3.63, 3.8) is 0 Å². The standard InChI is InChI=1S/C14H17ClN2O4S/c15-11-3-5-12(6-4-11)22(20,21)9-13(18)17-7-1-2-10(8-17)14(16)19/h3-6,10H,1-2,7-9H2,(H2,16,19). The highest BCUT2D eigenvalue weighted by molar-refractivity contribution is 7.92. The molecule has 1 saturated heterocycles. The van der Waals surface area contributed by atoms with Crippen LogP contribution in [0.2, 0.25) is 5.02 Å². The summed E-state index contributed by atoms with van der Waals surface area (Å²) in [4.78, 5) is 24.9. The SMILES string of the molecule is NC(=O)C1CCCN(C(=O)CS(=O)(=O)c2ccc(Cl)cc2)C1. The third kappa shape index (κ3) is 3.98. The molecule has 1 unspecified atom stereocenters. The Morgan fingerprint density at radius 2 is 1.91 bits per heavy atom. The summed E-state index contributed by atoms with van der Waals surface area (Å²) in [6.45, 7) is 0.628. The van der Waals surface area contributed by atoms with Gasteiger partial charge in [-0.15, -0.1) is 0 Å². The van der Waals surface area contributed by atoms with Crippen molar-refractivity contribution in [2.75, 3.05) is 18.8 Å². The lowest BCUT2D eigenvalue weighted by atomic mass is 9.97. The number of benzene rings is 1. The number of hydrogen-bond donors (Lipinski definition) is 1. The molecule has 6 nitrogen and oxygen atoms in total. The average Bonchev–Trinajstić information content (AvgIpc) is 2.47. The first-order valence-corrected chi connectivity index (χ1v) is 8.88. The predicted octanol–water partition coefficient (Wildman–Crippen LogP) is 0.838. The van der Waals surface area contributed by atoms with Gasteiger partial charge < -0.3 is 10.6 Å². The normalized spacial score (nSPS) is 19.0. The zero-order chi connectivity index (χ0) is 16.3. The number of hydrogen-bond acceptors (Lipinski definition) is 4. The molecule has 1 fully saturated rings. The highest BCUT2D eigenvalue weighted by atomic mass is 35.5. The summed E-state index contributed by atoms with van der Waals surface area (Å²) in [5.41, 5.74) is 5.25. The largest absolute Gasteiger partial charge is 0.369 e. The number of carbonyl (C=O) groups is 2. The zero-order valence-electron chi connectivity index (χ0n) is 11.9. The monoisotopic (exact) mass is 344 g/mol. The van der Waals surface area contributed by atoms with Crippen molar-refractivity contribution in [3.05, 3.63) is 29.3 Å². The third-order valence-electron chi connectivity index (χ3n) is 3.66. The number of nitrogens with two attached hydrogens (primary N) is 1. The van der Waals surface area contributed by atoms with Gasteiger partial charge in [0.15, 0.2) is 9.84 Å². The van der Waals surface area contributed by atoms with Gasteiger partial charge in [-0.2, -0.15) is 0 Å². The fourth-order valence-corrected chi connectivity index (χ4v) is 3.77. The molecule has 2 amide bonds. The molecule has 0 bridgehead atoms. The number of primary amides is 1. The number of piperidine rings is 1. The van der Waals surface area contributed by atoms with Crippen LogP contribution in [0, 0.1) is 5.92 Å². The van der Waals surface area contributed by atoms with Gasteiger partial charge in [-0.05, 0) is 37.1 Å². The maximum absolute atomic E-state index is 12.2. The first kappa shape index (κ1) is 16.8. The zero-order valence-corrected chi connectivity index (χ0v) is 13.4. The number of amides is 2. The molecule has 120 valence electrons. The molecule has 8 heteroatoms. The molecular formula is C14H17ClN2O4S. The molecular weight excluding hydrogens is 328 g/mol. The van der Waals surface area contributed by atoms with Gasteiger partial charge in [-0.1, -0.05) is 11.6 Å². The molecule has 1 aromatic carbocycles. The smallest absolute Gasteiger partial charge is 0.238 e. The molecule has 1 heterocycles. The maximum atomic E-state index is 12.2. The Morgan fingerprint density at radius 1 is 1.27 bits per heavy atom. The van der Waals surface area contributed by atoms with Crippen molar-refractivity contribution in [1.82, 2.24) is 4.90 Å². The summed E-state index contributed by atoms with van der Waals surface area (Å²) in [5, 5.41) is 0.422. The van der Waals surface area contributed by atoms with Gasteiger partial charge in [0.2, 0.25) is 11.8 Å². The average molecular weight is 345 g/mol. The minimum Gasteiger partial charge on any atom is -0.369 e. The quantitative estimate of drug-likeness (QED) is 0.875. The molecule has 1 atom stereocenters. The second-order valence-electron chi connectivity index (χ2n) is 5.29. The Morgan fingerprint density at radius 3 is 2.50 bits per heavy atom. The van der Waals surface area contributed by atoms with Crippen LogP contribution in [0.4, 0.5) is 0 Å². The molecule has 1 aliphatic rings. The van der Waals surface area contributed by atoms with E-state index in [1.807, 2.05) is 0 Å². The first-order chi connectivity index (χ1) is 10.3. The van der Waals surface area contributed by atoms with E-state index in [9.17, 15) is 18.0 Å². The molecule has 0 spiro atoms. The molecule has 2 rings (SSSR count). The minimum absolute atomic E-state index is 0.0497. The Balaban J connectivity index is 2.07. The summed E-state index contributed by atoms with van der Waals surface area (Å²) in [6.07, 6.45) is 1.27. The van der Waals surface area contributed by atoms with Gasteiger partial charge in [-0.3, -0.25) is 9.59 Å². The van der Waals surface area contributed by atoms with Gasteiger partial charge in [0.05, 0.1) is 10.8 Å². The molecule has 0 aromatic heterocycles. The van der Waals surface area contributed by atoms with Crippen LogP contribution < -0.4 is 5.73 Å². The van der Waals surface area contributed by atoms with Gasteiger partial charge in [0.1, 0.15) is 5.75 Å². The van der Waals surface area contributed by atoms with E-state index >= 15 is 0 Å². The van der Waals surface area contributed by atoms with Crippen LogP contribution in [0.1, 0.15) is 12.8 Å². The summed E-state index contributed by atoms with van der Waals surface area (Å²) in [5.74, 6) is -2.00. The molecule has 2 N–H and O–H groups in total. The minimum atomic E-state index is -3.73. The van der Waals surface area contributed by atoms with Crippen molar-refractivity contribution >= 4 is 33.3 Å². The number of halogens is 1. The van der Waals surface area contributed by atoms with Crippen LogP contribution in [-0.4, -0.2) is 44.0 Å². The van der Waals surface area contributed by atoms with E-state index in [4.69, 9.17) is 17.3 Å². The number of nitrogens with zero attached hydrogens (tertiary/aromatic N) is 1. The van der Waals surface area contributed by atoms with Crippen LogP contribution in [0.15, 0.2) is 29.2 Å². The fourth-order valence-electron chi connectivity index (χ4n) is 2.42. The van der Waals surface area contributed by atoms with E-state index in [2.05, 4.69) is 0 Å². The molecule has 0 saturated carbocycles. The Hall–Kier alpha value is -1.60. The van der Waals surface area contributed by atoms with Gasteiger partial charge in [0.25, 0.3) is 0 Å². The van der Waals surface area contributed by atoms with Crippen molar-refractivity contribution < 1.29 is 18.0 Å². The van der Waals surface area contributed by atoms with Crippen LogP contribution in [-0.2, 0) is 19.4 Å². The number of likely N-dealkylation sites (tertiary alicyclic amines) is 1. The van der Waals surface area contributed by atoms with Crippen molar-refractivity contribution in [2.45, 2.75) is 17.7 Å². The molecule has 22 heavy (non-hydrogen) atoms. The Kier molecular flexibility index (Phi) is 5.08. The van der Waals surface area contributed by atoms with E-state index in [0.29, 0.717) is 24.4 Å². The van der Waals surface area contributed by atoms with Gasteiger partial charge in [-0.25, -0.2) is 8.42 Å². The van der Waals surface area contributed by atoms with E-state index in [1.54, 1.807) is 0 Å². The summed E-state index contributed by atoms with van der Waals surface area (Å²) < 4.78 is 24.5. The Labute approximate surface area is 134 Å². The molecule has 0 radical (unpaired) electrons. The third-order valence-corrected chi connectivity index (χ3v) is 5.53. The van der Waals surface area contributed by atoms with Crippen LogP contribution in [0.5, 0.6) is 0 Å². The highest BCUT2D eigenvalue weighted by Crippen LogP contribution is 2.19. The number of sulfone groups is 1. The summed E-state index contributed by atoms with van der Waals surface area (Å²) in [7, 11) is -3.73. The van der Waals surface area contributed by atoms with Crippen LogP contribution >= 0.6 is 11.6 Å². The van der Waals surface area contributed by atoms with Crippen molar-refractivity contribution in [3.8, 4) is 0 Å². The lowest BCUT2D eigenvalue weighted by Gasteiger charge is -2.31. The lowest BCUT2D eigenvalue weighted by Crippen LogP contribution is -2.46. The maximum Gasteiger partial charge on any atom is 0.238 e. The fraction of sp³-hybridized carbons (Fsp3) is 0.429. The summed E-state index contributed by atoms with van der Waals surface area (Å²) in [6, 6.07) is 5.66. The number of carbonyl (C=O) groups excluding carboxylic acids is 2. The van der Waals surface area contributed by atoms with Crippen molar-refractivity contribution in [2.24, 2.45) is 11.7 Å². The first-order valence-electron chi connectivity index (χ1n) is 6.85. The van der Waals surface area contributed by atoms with E-state index < -0.39 is 33.3 Å². The molecule has 1 aliphatic heterocycles. The molecule has 0 aliphatic carbocycles. The van der Waals surface area contributed by atoms with Gasteiger partial charge >= 0.3 is 0 Å². The number of rotatable bonds is 4. The van der Waals surface area contributed by atoms with Crippen LogP contribution in [0.25, 0.3) is 0 Å². The highest BCUT2D eigenvalue weighted by Gasteiger charge is 2.29. The Bertz CT molecular complexity index is 673. The summed E-state index contributed by atoms with van der Waals surface area (Å²) >= 11 is 5.72. The van der Waals surface area contributed by atoms with E-state index in [-0.39, 0.29) is 11.4 Å². The van der Waals surface area contributed by atoms with Crippen molar-refractivity contribution in [1.29, 1.82) is 0 Å². The van der Waals surface area contributed by atoms with Gasteiger partial charge in [0, 0.05) is 18.1 Å². The molecule has 1 aromatic rings. The lowest BCUT2D eigenvalue weighted by molar-refractivity contribution is -0.132. The second-order valence-corrected chi connectivity index (χ2v) is 7.72. The van der Waals surface area contributed by atoms with Crippen LogP contribution in [0.3, 0.4) is 0 Å². The predicted molar refractivity (Wildman–Crippen MR) is 82.0 cm³/mol. The van der Waals surface area contributed by atoms with E-state index in [0.717, 1.165) is 0 Å². The topological polar surface area (TPSA) is 97.5 Å². The van der Waals surface area contributed by atoms with E-state index in [1.165, 1.54) is 29.2 Å².